The average molecular weight is 269 g/mol. The van der Waals surface area contributed by atoms with E-state index in [1.54, 1.807) is 0 Å². The Kier molecular flexibility index (Phi) is 7.21. The lowest BCUT2D eigenvalue weighted by Gasteiger charge is -2.23. The first-order valence-corrected chi connectivity index (χ1v) is 7.70. The van der Waals surface area contributed by atoms with Gasteiger partial charge in [-0.15, -0.1) is 0 Å². The topological polar surface area (TPSA) is 36.9 Å². The van der Waals surface area contributed by atoms with E-state index in [1.165, 1.54) is 6.42 Å². The molecule has 1 fully saturated rings. The molecule has 0 bridgehead atoms. The van der Waals surface area contributed by atoms with Crippen LogP contribution in [0.3, 0.4) is 0 Å². The van der Waals surface area contributed by atoms with Crippen LogP contribution in [0.25, 0.3) is 0 Å². The summed E-state index contributed by atoms with van der Waals surface area (Å²) in [4.78, 5) is 7.13. The second-order valence-corrected chi connectivity index (χ2v) is 5.98. The molecule has 0 aliphatic carbocycles. The van der Waals surface area contributed by atoms with Crippen LogP contribution in [0.1, 0.15) is 47.0 Å². The van der Waals surface area contributed by atoms with Crippen molar-refractivity contribution in [2.24, 2.45) is 10.4 Å². The summed E-state index contributed by atoms with van der Waals surface area (Å²) in [5, 5.41) is 3.41. The molecular weight excluding hydrogens is 238 g/mol. The molecular formula is C15H31N3O. The highest BCUT2D eigenvalue weighted by molar-refractivity contribution is 5.80. The van der Waals surface area contributed by atoms with Crippen molar-refractivity contribution in [3.8, 4) is 0 Å². The summed E-state index contributed by atoms with van der Waals surface area (Å²) in [5.41, 5.74) is 0.422. The van der Waals surface area contributed by atoms with Gasteiger partial charge in [0.1, 0.15) is 0 Å². The van der Waals surface area contributed by atoms with Crippen LogP contribution in [-0.2, 0) is 4.74 Å². The number of rotatable bonds is 7. The first-order chi connectivity index (χ1) is 9.09. The van der Waals surface area contributed by atoms with Gasteiger partial charge in [-0.3, -0.25) is 4.99 Å². The van der Waals surface area contributed by atoms with E-state index < -0.39 is 0 Å². The minimum absolute atomic E-state index is 0.422. The Morgan fingerprint density at radius 2 is 2.11 bits per heavy atom. The highest BCUT2D eigenvalue weighted by atomic mass is 16.5. The van der Waals surface area contributed by atoms with E-state index in [-0.39, 0.29) is 0 Å². The number of unbranched alkanes of at least 4 members (excludes halogenated alkanes) is 1. The van der Waals surface area contributed by atoms with Crippen molar-refractivity contribution >= 4 is 5.96 Å². The molecule has 1 heterocycles. The Morgan fingerprint density at radius 3 is 2.68 bits per heavy atom. The zero-order valence-corrected chi connectivity index (χ0v) is 13.2. The molecule has 19 heavy (non-hydrogen) atoms. The molecule has 0 unspecified atom stereocenters. The molecule has 1 aliphatic heterocycles. The third kappa shape index (κ3) is 6.28. The molecule has 0 radical (unpaired) electrons. The van der Waals surface area contributed by atoms with Crippen molar-refractivity contribution in [1.29, 1.82) is 0 Å². The van der Waals surface area contributed by atoms with Gasteiger partial charge in [0, 0.05) is 39.4 Å². The first kappa shape index (κ1) is 16.3. The van der Waals surface area contributed by atoms with Gasteiger partial charge in [-0.05, 0) is 38.5 Å². The standard InChI is InChI=1S/C15H31N3O/c1-5-16-14(17-10-7-8-12-19-6-2)18-11-9-15(3,4)13-18/h5-13H2,1-4H3,(H,16,17). The monoisotopic (exact) mass is 269 g/mol. The van der Waals surface area contributed by atoms with E-state index in [1.807, 2.05) is 6.92 Å². The van der Waals surface area contributed by atoms with E-state index in [4.69, 9.17) is 9.73 Å². The molecule has 0 atom stereocenters. The molecule has 112 valence electrons. The molecule has 1 N–H and O–H groups in total. The van der Waals surface area contributed by atoms with Gasteiger partial charge in [-0.25, -0.2) is 0 Å². The number of nitrogens with zero attached hydrogens (tertiary/aromatic N) is 2. The summed E-state index contributed by atoms with van der Waals surface area (Å²) >= 11 is 0. The van der Waals surface area contributed by atoms with Gasteiger partial charge in [-0.1, -0.05) is 13.8 Å². The van der Waals surface area contributed by atoms with Crippen molar-refractivity contribution in [3.05, 3.63) is 0 Å². The van der Waals surface area contributed by atoms with Crippen LogP contribution in [0.5, 0.6) is 0 Å². The van der Waals surface area contributed by atoms with Crippen LogP contribution in [0.2, 0.25) is 0 Å². The SMILES string of the molecule is CCNC(=NCCCCOCC)N1CCC(C)(C)C1. The Morgan fingerprint density at radius 1 is 1.32 bits per heavy atom. The van der Waals surface area contributed by atoms with E-state index >= 15 is 0 Å². The van der Waals surface area contributed by atoms with Crippen LogP contribution >= 0.6 is 0 Å². The molecule has 0 spiro atoms. The van der Waals surface area contributed by atoms with Crippen LogP contribution in [0.4, 0.5) is 0 Å². The maximum Gasteiger partial charge on any atom is 0.193 e. The Bertz CT molecular complexity index is 277. The molecule has 1 aliphatic rings. The van der Waals surface area contributed by atoms with Crippen molar-refractivity contribution in [1.82, 2.24) is 10.2 Å². The lowest BCUT2D eigenvalue weighted by Crippen LogP contribution is -2.40. The lowest BCUT2D eigenvalue weighted by molar-refractivity contribution is 0.144. The van der Waals surface area contributed by atoms with Gasteiger partial charge in [0.25, 0.3) is 0 Å². The number of ether oxygens (including phenoxy) is 1. The fourth-order valence-corrected chi connectivity index (χ4v) is 2.36. The summed E-state index contributed by atoms with van der Waals surface area (Å²) in [6, 6.07) is 0. The molecule has 0 aromatic rings. The fraction of sp³-hybridized carbons (Fsp3) is 0.933. The molecule has 1 saturated heterocycles. The number of likely N-dealkylation sites (tertiary alicyclic amines) is 1. The van der Waals surface area contributed by atoms with E-state index in [2.05, 4.69) is 31.0 Å². The van der Waals surface area contributed by atoms with Gasteiger partial charge in [0.2, 0.25) is 0 Å². The number of hydrogen-bond acceptors (Lipinski definition) is 2. The van der Waals surface area contributed by atoms with Crippen molar-refractivity contribution < 1.29 is 4.74 Å². The Hall–Kier alpha value is -0.770. The first-order valence-electron chi connectivity index (χ1n) is 7.70. The zero-order chi connectivity index (χ0) is 14.1. The molecule has 0 saturated carbocycles. The summed E-state index contributed by atoms with van der Waals surface area (Å²) in [6.45, 7) is 14.6. The highest BCUT2D eigenvalue weighted by Crippen LogP contribution is 2.28. The predicted molar refractivity (Wildman–Crippen MR) is 81.7 cm³/mol. The maximum atomic E-state index is 5.34. The summed E-state index contributed by atoms with van der Waals surface area (Å²) in [6.07, 6.45) is 3.45. The molecule has 4 heteroatoms. The summed E-state index contributed by atoms with van der Waals surface area (Å²) in [7, 11) is 0. The van der Waals surface area contributed by atoms with Crippen LogP contribution in [0, 0.1) is 5.41 Å². The second kappa shape index (κ2) is 8.41. The zero-order valence-electron chi connectivity index (χ0n) is 13.2. The number of guanidine groups is 1. The van der Waals surface area contributed by atoms with E-state index in [9.17, 15) is 0 Å². The number of aliphatic imine (C=N–C) groups is 1. The Labute approximate surface area is 118 Å². The average Bonchev–Trinajstić information content (AvgIpc) is 2.72. The molecule has 0 aromatic heterocycles. The molecule has 4 nitrogen and oxygen atoms in total. The molecule has 1 rings (SSSR count). The Balaban J connectivity index is 2.35. The van der Waals surface area contributed by atoms with Crippen LogP contribution in [0.15, 0.2) is 4.99 Å². The third-order valence-electron chi connectivity index (χ3n) is 3.47. The van der Waals surface area contributed by atoms with Crippen molar-refractivity contribution in [3.63, 3.8) is 0 Å². The minimum Gasteiger partial charge on any atom is -0.382 e. The van der Waals surface area contributed by atoms with Crippen molar-refractivity contribution in [2.45, 2.75) is 47.0 Å². The van der Waals surface area contributed by atoms with Gasteiger partial charge in [0.15, 0.2) is 5.96 Å². The minimum atomic E-state index is 0.422. The molecule has 0 aromatic carbocycles. The lowest BCUT2D eigenvalue weighted by atomic mass is 9.93. The third-order valence-corrected chi connectivity index (χ3v) is 3.47. The van der Waals surface area contributed by atoms with Crippen LogP contribution < -0.4 is 5.32 Å². The van der Waals surface area contributed by atoms with Crippen molar-refractivity contribution in [2.75, 3.05) is 39.4 Å². The second-order valence-electron chi connectivity index (χ2n) is 5.98. The number of nitrogens with one attached hydrogen (secondary N) is 1. The maximum absolute atomic E-state index is 5.34. The van der Waals surface area contributed by atoms with E-state index in [0.29, 0.717) is 5.41 Å². The quantitative estimate of drug-likeness (QED) is 0.438. The predicted octanol–water partition coefficient (Wildman–Crippen LogP) is 2.50. The molecule has 0 amide bonds. The van der Waals surface area contributed by atoms with Gasteiger partial charge in [-0.2, -0.15) is 0 Å². The summed E-state index contributed by atoms with van der Waals surface area (Å²) in [5.74, 6) is 1.09. The van der Waals surface area contributed by atoms with Gasteiger partial charge >= 0.3 is 0 Å². The summed E-state index contributed by atoms with van der Waals surface area (Å²) < 4.78 is 5.34. The van der Waals surface area contributed by atoms with Gasteiger partial charge < -0.3 is 15.0 Å². The normalized spacial score (nSPS) is 18.9. The smallest absolute Gasteiger partial charge is 0.193 e. The van der Waals surface area contributed by atoms with Crippen LogP contribution in [-0.4, -0.2) is 50.3 Å². The van der Waals surface area contributed by atoms with Gasteiger partial charge in [0.05, 0.1) is 0 Å². The fourth-order valence-electron chi connectivity index (χ4n) is 2.36. The number of hydrogen-bond donors (Lipinski definition) is 1. The largest absolute Gasteiger partial charge is 0.382 e. The highest BCUT2D eigenvalue weighted by Gasteiger charge is 2.30. The van der Waals surface area contributed by atoms with E-state index in [0.717, 1.165) is 58.2 Å².